The summed E-state index contributed by atoms with van der Waals surface area (Å²) in [6.07, 6.45) is 0. The molecule has 0 aliphatic heterocycles. The minimum atomic E-state index is -0.841. The molecule has 2 aromatic rings. The summed E-state index contributed by atoms with van der Waals surface area (Å²) in [5, 5.41) is 3.08. The lowest BCUT2D eigenvalue weighted by molar-refractivity contribution is 0.105. The summed E-state index contributed by atoms with van der Waals surface area (Å²) in [6.45, 7) is 3.03. The van der Waals surface area contributed by atoms with Crippen LogP contribution in [0.2, 0.25) is 0 Å². The molecule has 0 atom stereocenters. The van der Waals surface area contributed by atoms with Crippen LogP contribution in [-0.4, -0.2) is 26.8 Å². The van der Waals surface area contributed by atoms with Crippen LogP contribution in [0.1, 0.15) is 18.1 Å². The van der Waals surface area contributed by atoms with Crippen molar-refractivity contribution in [3.05, 3.63) is 59.2 Å². The van der Waals surface area contributed by atoms with Gasteiger partial charge in [0, 0.05) is 24.3 Å². The van der Waals surface area contributed by atoms with Crippen molar-refractivity contribution in [1.29, 1.82) is 0 Å². The molecule has 2 aromatic carbocycles. The van der Waals surface area contributed by atoms with Crippen LogP contribution >= 0.6 is 0 Å². The lowest BCUT2D eigenvalue weighted by atomic mass is 9.78. The number of rotatable bonds is 5. The van der Waals surface area contributed by atoms with Crippen LogP contribution in [0.5, 0.6) is 0 Å². The van der Waals surface area contributed by atoms with Crippen molar-refractivity contribution in [2.24, 2.45) is 0 Å². The van der Waals surface area contributed by atoms with E-state index in [1.807, 2.05) is 19.1 Å². The SMILES string of the molecule is CCOCC1(CNC)c2c(F)cccc2-c2cccc(F)c21. The number of likely N-dealkylation sites (N-methyl/N-ethyl adjacent to an activating group) is 1. The molecule has 0 radical (unpaired) electrons. The molecule has 0 spiro atoms. The van der Waals surface area contributed by atoms with Crippen LogP contribution in [0.15, 0.2) is 36.4 Å². The highest BCUT2D eigenvalue weighted by Crippen LogP contribution is 2.50. The van der Waals surface area contributed by atoms with Gasteiger partial charge in [0.2, 0.25) is 0 Å². The van der Waals surface area contributed by atoms with E-state index in [1.54, 1.807) is 19.2 Å². The van der Waals surface area contributed by atoms with Crippen LogP contribution < -0.4 is 5.32 Å². The van der Waals surface area contributed by atoms with E-state index in [0.717, 1.165) is 11.1 Å². The molecule has 0 bridgehead atoms. The molecule has 0 fully saturated rings. The summed E-state index contributed by atoms with van der Waals surface area (Å²) in [4.78, 5) is 0. The topological polar surface area (TPSA) is 21.3 Å². The first-order chi connectivity index (χ1) is 10.7. The maximum atomic E-state index is 14.6. The third-order valence-electron chi connectivity index (χ3n) is 4.31. The van der Waals surface area contributed by atoms with Crippen LogP contribution in [0.3, 0.4) is 0 Å². The molecular formula is C18H19F2NO. The number of fused-ring (bicyclic) bond motifs is 3. The molecule has 0 saturated carbocycles. The predicted octanol–water partition coefficient (Wildman–Crippen LogP) is 3.49. The van der Waals surface area contributed by atoms with E-state index in [-0.39, 0.29) is 18.2 Å². The van der Waals surface area contributed by atoms with Crippen LogP contribution in [0.4, 0.5) is 8.78 Å². The van der Waals surface area contributed by atoms with Gasteiger partial charge >= 0.3 is 0 Å². The summed E-state index contributed by atoms with van der Waals surface area (Å²) in [5.74, 6) is -0.633. The third-order valence-corrected chi connectivity index (χ3v) is 4.31. The second kappa shape index (κ2) is 5.78. The monoisotopic (exact) mass is 303 g/mol. The number of hydrogen-bond acceptors (Lipinski definition) is 2. The van der Waals surface area contributed by atoms with E-state index in [9.17, 15) is 8.78 Å². The third kappa shape index (κ3) is 2.06. The molecule has 2 nitrogen and oxygen atoms in total. The van der Waals surface area contributed by atoms with Gasteiger partial charge in [-0.15, -0.1) is 0 Å². The van der Waals surface area contributed by atoms with Crippen molar-refractivity contribution in [3.63, 3.8) is 0 Å². The Morgan fingerprint density at radius 2 is 1.55 bits per heavy atom. The fourth-order valence-corrected chi connectivity index (χ4v) is 3.55. The lowest BCUT2D eigenvalue weighted by Gasteiger charge is -2.32. The molecule has 1 aliphatic carbocycles. The minimum Gasteiger partial charge on any atom is -0.380 e. The van der Waals surface area contributed by atoms with Crippen molar-refractivity contribution in [1.82, 2.24) is 5.32 Å². The molecule has 116 valence electrons. The highest BCUT2D eigenvalue weighted by molar-refractivity contribution is 5.81. The average Bonchev–Trinajstić information content (AvgIpc) is 2.79. The van der Waals surface area contributed by atoms with Gasteiger partial charge in [0.15, 0.2) is 0 Å². The van der Waals surface area contributed by atoms with E-state index in [4.69, 9.17) is 4.74 Å². The van der Waals surface area contributed by atoms with E-state index in [1.165, 1.54) is 12.1 Å². The van der Waals surface area contributed by atoms with E-state index < -0.39 is 5.41 Å². The Balaban J connectivity index is 2.33. The first-order valence-electron chi connectivity index (χ1n) is 7.46. The van der Waals surface area contributed by atoms with Crippen LogP contribution in [0.25, 0.3) is 11.1 Å². The molecule has 4 heteroatoms. The number of halogens is 2. The van der Waals surface area contributed by atoms with Crippen molar-refractivity contribution in [2.45, 2.75) is 12.3 Å². The predicted molar refractivity (Wildman–Crippen MR) is 83.0 cm³/mol. The molecule has 22 heavy (non-hydrogen) atoms. The molecule has 1 N–H and O–H groups in total. The maximum absolute atomic E-state index is 14.6. The Kier molecular flexibility index (Phi) is 3.98. The maximum Gasteiger partial charge on any atom is 0.128 e. The van der Waals surface area contributed by atoms with Gasteiger partial charge in [0.05, 0.1) is 12.0 Å². The Labute approximate surface area is 129 Å². The average molecular weight is 303 g/mol. The smallest absolute Gasteiger partial charge is 0.128 e. The zero-order valence-electron chi connectivity index (χ0n) is 12.7. The van der Waals surface area contributed by atoms with Gasteiger partial charge in [-0.2, -0.15) is 0 Å². The second-order valence-corrected chi connectivity index (χ2v) is 5.57. The van der Waals surface area contributed by atoms with Gasteiger partial charge in [-0.05, 0) is 37.2 Å². The Morgan fingerprint density at radius 3 is 2.00 bits per heavy atom. The molecule has 3 rings (SSSR count). The van der Waals surface area contributed by atoms with Crippen molar-refractivity contribution in [2.75, 3.05) is 26.8 Å². The van der Waals surface area contributed by atoms with Crippen molar-refractivity contribution >= 4 is 0 Å². The fourth-order valence-electron chi connectivity index (χ4n) is 3.55. The standard InChI is InChI=1S/C18H19F2NO/c1-3-22-11-18(10-21-2)16-12(6-4-8-14(16)19)13-7-5-9-15(20)17(13)18/h4-9,21H,3,10-11H2,1-2H3. The number of ether oxygens (including phenoxy) is 1. The first-order valence-corrected chi connectivity index (χ1v) is 7.46. The Bertz CT molecular complexity index is 648. The zero-order chi connectivity index (χ0) is 15.7. The van der Waals surface area contributed by atoms with Gasteiger partial charge < -0.3 is 10.1 Å². The largest absolute Gasteiger partial charge is 0.380 e. The zero-order valence-corrected chi connectivity index (χ0v) is 12.7. The van der Waals surface area contributed by atoms with Crippen LogP contribution in [0, 0.1) is 11.6 Å². The van der Waals surface area contributed by atoms with E-state index in [2.05, 4.69) is 5.32 Å². The van der Waals surface area contributed by atoms with Gasteiger partial charge in [0.1, 0.15) is 11.6 Å². The molecule has 0 saturated heterocycles. The Hall–Kier alpha value is -1.78. The fraction of sp³-hybridized carbons (Fsp3) is 0.333. The Morgan fingerprint density at radius 1 is 1.00 bits per heavy atom. The summed E-state index contributed by atoms with van der Waals surface area (Å²) in [7, 11) is 1.78. The molecular weight excluding hydrogens is 284 g/mol. The van der Waals surface area contributed by atoms with Gasteiger partial charge in [-0.1, -0.05) is 24.3 Å². The number of hydrogen-bond donors (Lipinski definition) is 1. The van der Waals surface area contributed by atoms with E-state index in [0.29, 0.717) is 24.3 Å². The second-order valence-electron chi connectivity index (χ2n) is 5.57. The van der Waals surface area contributed by atoms with Crippen molar-refractivity contribution < 1.29 is 13.5 Å². The number of nitrogens with one attached hydrogen (secondary N) is 1. The lowest BCUT2D eigenvalue weighted by Crippen LogP contribution is -2.42. The van der Waals surface area contributed by atoms with Gasteiger partial charge in [-0.3, -0.25) is 0 Å². The van der Waals surface area contributed by atoms with Crippen molar-refractivity contribution in [3.8, 4) is 11.1 Å². The summed E-state index contributed by atoms with van der Waals surface area (Å²) in [6, 6.07) is 9.88. The number of benzene rings is 2. The molecule has 1 aliphatic rings. The van der Waals surface area contributed by atoms with E-state index >= 15 is 0 Å². The first kappa shape index (κ1) is 15.1. The highest BCUT2D eigenvalue weighted by atomic mass is 19.1. The normalized spacial score (nSPS) is 14.7. The quantitative estimate of drug-likeness (QED) is 0.913. The minimum absolute atomic E-state index is 0.242. The molecule has 0 aromatic heterocycles. The highest BCUT2D eigenvalue weighted by Gasteiger charge is 2.46. The summed E-state index contributed by atoms with van der Waals surface area (Å²) < 4.78 is 34.9. The van der Waals surface area contributed by atoms with Crippen LogP contribution in [-0.2, 0) is 10.2 Å². The molecule has 0 amide bonds. The summed E-state index contributed by atoms with van der Waals surface area (Å²) in [5.41, 5.74) is 1.72. The van der Waals surface area contributed by atoms with Gasteiger partial charge in [-0.25, -0.2) is 8.78 Å². The summed E-state index contributed by atoms with van der Waals surface area (Å²) >= 11 is 0. The van der Waals surface area contributed by atoms with Gasteiger partial charge in [0.25, 0.3) is 0 Å². The molecule has 0 unspecified atom stereocenters. The molecule has 0 heterocycles.